The number of nitrogens with zero attached hydrogens (tertiary/aromatic N) is 3. The SMILES string of the molecule is Cc1cnc2c(C)cccc2c1N1CCN(CC(=O)O)CC1. The van der Waals surface area contributed by atoms with Crippen LogP contribution in [-0.2, 0) is 4.79 Å². The van der Waals surface area contributed by atoms with E-state index in [1.807, 2.05) is 11.1 Å². The number of hydrogen-bond donors (Lipinski definition) is 1. The average molecular weight is 299 g/mol. The van der Waals surface area contributed by atoms with Gasteiger partial charge in [-0.15, -0.1) is 0 Å². The van der Waals surface area contributed by atoms with Gasteiger partial charge in [0.1, 0.15) is 0 Å². The minimum atomic E-state index is -0.755. The predicted octanol–water partition coefficient (Wildman–Crippen LogP) is 2.06. The number of aliphatic carboxylic acids is 1. The van der Waals surface area contributed by atoms with Crippen molar-refractivity contribution in [2.24, 2.45) is 0 Å². The Morgan fingerprint density at radius 3 is 2.59 bits per heavy atom. The molecule has 0 amide bonds. The highest BCUT2D eigenvalue weighted by molar-refractivity contribution is 5.95. The van der Waals surface area contributed by atoms with Crippen molar-refractivity contribution in [1.82, 2.24) is 9.88 Å². The van der Waals surface area contributed by atoms with Crippen molar-refractivity contribution in [3.8, 4) is 0 Å². The molecule has 0 aliphatic carbocycles. The van der Waals surface area contributed by atoms with E-state index in [2.05, 4.69) is 41.9 Å². The predicted molar refractivity (Wildman–Crippen MR) is 87.5 cm³/mol. The first kappa shape index (κ1) is 14.8. The summed E-state index contributed by atoms with van der Waals surface area (Å²) in [5.74, 6) is -0.755. The molecule has 1 aliphatic heterocycles. The van der Waals surface area contributed by atoms with Crippen LogP contribution in [0.5, 0.6) is 0 Å². The number of piperazine rings is 1. The topological polar surface area (TPSA) is 56.7 Å². The maximum absolute atomic E-state index is 10.8. The highest BCUT2D eigenvalue weighted by atomic mass is 16.4. The molecule has 1 aliphatic rings. The lowest BCUT2D eigenvalue weighted by Crippen LogP contribution is -2.48. The molecule has 3 rings (SSSR count). The van der Waals surface area contributed by atoms with Crippen LogP contribution in [0.3, 0.4) is 0 Å². The van der Waals surface area contributed by atoms with Gasteiger partial charge in [0.15, 0.2) is 0 Å². The van der Waals surface area contributed by atoms with Gasteiger partial charge in [-0.2, -0.15) is 0 Å². The summed E-state index contributed by atoms with van der Waals surface area (Å²) >= 11 is 0. The van der Waals surface area contributed by atoms with Gasteiger partial charge in [0.05, 0.1) is 17.7 Å². The van der Waals surface area contributed by atoms with E-state index in [4.69, 9.17) is 5.11 Å². The molecule has 0 saturated carbocycles. The molecule has 0 atom stereocenters. The summed E-state index contributed by atoms with van der Waals surface area (Å²) in [6.07, 6.45) is 1.94. The monoisotopic (exact) mass is 299 g/mol. The van der Waals surface area contributed by atoms with Crippen LogP contribution in [0.15, 0.2) is 24.4 Å². The normalized spacial score (nSPS) is 16.2. The minimum Gasteiger partial charge on any atom is -0.480 e. The van der Waals surface area contributed by atoms with Crippen LogP contribution >= 0.6 is 0 Å². The van der Waals surface area contributed by atoms with Gasteiger partial charge in [0.25, 0.3) is 0 Å². The van der Waals surface area contributed by atoms with Crippen LogP contribution in [0.25, 0.3) is 10.9 Å². The number of hydrogen-bond acceptors (Lipinski definition) is 4. The fourth-order valence-corrected chi connectivity index (χ4v) is 3.20. The largest absolute Gasteiger partial charge is 0.480 e. The average Bonchev–Trinajstić information content (AvgIpc) is 2.48. The summed E-state index contributed by atoms with van der Waals surface area (Å²) in [4.78, 5) is 19.7. The summed E-state index contributed by atoms with van der Waals surface area (Å²) in [5, 5.41) is 10.1. The molecule has 1 N–H and O–H groups in total. The summed E-state index contributed by atoms with van der Waals surface area (Å²) < 4.78 is 0. The molecule has 5 nitrogen and oxygen atoms in total. The number of pyridine rings is 1. The van der Waals surface area contributed by atoms with E-state index < -0.39 is 5.97 Å². The molecule has 0 spiro atoms. The highest BCUT2D eigenvalue weighted by Gasteiger charge is 2.21. The molecular formula is C17H21N3O2. The van der Waals surface area contributed by atoms with Crippen molar-refractivity contribution >= 4 is 22.6 Å². The van der Waals surface area contributed by atoms with Crippen molar-refractivity contribution in [1.29, 1.82) is 0 Å². The lowest BCUT2D eigenvalue weighted by Gasteiger charge is -2.36. The first-order chi connectivity index (χ1) is 10.6. The van der Waals surface area contributed by atoms with Gasteiger partial charge in [-0.05, 0) is 25.0 Å². The second kappa shape index (κ2) is 5.93. The molecule has 1 fully saturated rings. The fourth-order valence-electron chi connectivity index (χ4n) is 3.20. The van der Waals surface area contributed by atoms with Gasteiger partial charge in [-0.3, -0.25) is 14.7 Å². The quantitative estimate of drug-likeness (QED) is 0.940. The Hall–Kier alpha value is -2.14. The Balaban J connectivity index is 1.90. The van der Waals surface area contributed by atoms with Gasteiger partial charge in [-0.1, -0.05) is 18.2 Å². The van der Waals surface area contributed by atoms with Crippen LogP contribution < -0.4 is 4.90 Å². The third-order valence-corrected chi connectivity index (χ3v) is 4.30. The summed E-state index contributed by atoms with van der Waals surface area (Å²) in [7, 11) is 0. The van der Waals surface area contributed by atoms with Crippen LogP contribution in [0, 0.1) is 13.8 Å². The maximum atomic E-state index is 10.8. The number of carboxylic acids is 1. The van der Waals surface area contributed by atoms with Crippen molar-refractivity contribution in [2.75, 3.05) is 37.6 Å². The molecule has 2 heterocycles. The van der Waals surface area contributed by atoms with Gasteiger partial charge in [-0.25, -0.2) is 0 Å². The zero-order chi connectivity index (χ0) is 15.7. The Bertz CT molecular complexity index is 706. The molecule has 5 heteroatoms. The fraction of sp³-hybridized carbons (Fsp3) is 0.412. The Morgan fingerprint density at radius 1 is 1.18 bits per heavy atom. The third-order valence-electron chi connectivity index (χ3n) is 4.30. The van der Waals surface area contributed by atoms with Gasteiger partial charge in [0.2, 0.25) is 0 Å². The molecule has 2 aromatic rings. The minimum absolute atomic E-state index is 0.128. The van der Waals surface area contributed by atoms with Crippen LogP contribution in [0.4, 0.5) is 5.69 Å². The second-order valence-electron chi connectivity index (χ2n) is 5.92. The first-order valence-electron chi connectivity index (χ1n) is 7.60. The van der Waals surface area contributed by atoms with E-state index in [0.29, 0.717) is 0 Å². The number of fused-ring (bicyclic) bond motifs is 1. The Kier molecular flexibility index (Phi) is 3.98. The van der Waals surface area contributed by atoms with Crippen molar-refractivity contribution < 1.29 is 9.90 Å². The zero-order valence-corrected chi connectivity index (χ0v) is 13.0. The lowest BCUT2D eigenvalue weighted by atomic mass is 10.1. The van der Waals surface area contributed by atoms with Crippen molar-refractivity contribution in [3.05, 3.63) is 35.5 Å². The van der Waals surface area contributed by atoms with Crippen LogP contribution in [0.1, 0.15) is 11.1 Å². The van der Waals surface area contributed by atoms with E-state index in [0.717, 1.165) is 31.7 Å². The second-order valence-corrected chi connectivity index (χ2v) is 5.92. The number of rotatable bonds is 3. The van der Waals surface area contributed by atoms with E-state index in [9.17, 15) is 4.79 Å². The molecule has 22 heavy (non-hydrogen) atoms. The van der Waals surface area contributed by atoms with Crippen LogP contribution in [0.2, 0.25) is 0 Å². The number of anilines is 1. The number of carboxylic acid groups (broad SMARTS) is 1. The van der Waals surface area contributed by atoms with Crippen molar-refractivity contribution in [3.63, 3.8) is 0 Å². The number of aromatic nitrogens is 1. The number of aryl methyl sites for hydroxylation is 2. The molecule has 0 radical (unpaired) electrons. The van der Waals surface area contributed by atoms with E-state index in [-0.39, 0.29) is 6.54 Å². The molecule has 0 unspecified atom stereocenters. The Labute approximate surface area is 130 Å². The molecule has 116 valence electrons. The van der Waals surface area contributed by atoms with Gasteiger partial charge in [0, 0.05) is 37.8 Å². The number of benzene rings is 1. The first-order valence-corrected chi connectivity index (χ1v) is 7.60. The zero-order valence-electron chi connectivity index (χ0n) is 13.0. The molecular weight excluding hydrogens is 278 g/mol. The molecule has 1 aromatic heterocycles. The van der Waals surface area contributed by atoms with E-state index >= 15 is 0 Å². The molecule has 1 aromatic carbocycles. The lowest BCUT2D eigenvalue weighted by molar-refractivity contribution is -0.138. The molecule has 1 saturated heterocycles. The smallest absolute Gasteiger partial charge is 0.317 e. The number of carbonyl (C=O) groups is 1. The van der Waals surface area contributed by atoms with E-state index in [1.54, 1.807) is 0 Å². The number of para-hydroxylation sites is 1. The summed E-state index contributed by atoms with van der Waals surface area (Å²) in [6.45, 7) is 7.56. The van der Waals surface area contributed by atoms with Gasteiger partial charge >= 0.3 is 5.97 Å². The Morgan fingerprint density at radius 2 is 1.91 bits per heavy atom. The molecule has 0 bridgehead atoms. The summed E-state index contributed by atoms with van der Waals surface area (Å²) in [5.41, 5.74) is 4.65. The van der Waals surface area contributed by atoms with E-state index in [1.165, 1.54) is 22.2 Å². The van der Waals surface area contributed by atoms with Crippen LogP contribution in [-0.4, -0.2) is 53.7 Å². The highest BCUT2D eigenvalue weighted by Crippen LogP contribution is 2.31. The van der Waals surface area contributed by atoms with Crippen molar-refractivity contribution in [2.45, 2.75) is 13.8 Å². The maximum Gasteiger partial charge on any atom is 0.317 e. The third kappa shape index (κ3) is 2.76. The summed E-state index contributed by atoms with van der Waals surface area (Å²) in [6, 6.07) is 6.28. The van der Waals surface area contributed by atoms with Gasteiger partial charge < -0.3 is 10.0 Å². The standard InChI is InChI=1S/C17H21N3O2/c1-12-4-3-5-14-16(12)18-10-13(2)17(14)20-8-6-19(7-9-20)11-15(21)22/h3-5,10H,6-9,11H2,1-2H3,(H,21,22).